The number of benzene rings is 2. The van der Waals surface area contributed by atoms with E-state index in [1.165, 1.54) is 0 Å². The quantitative estimate of drug-likeness (QED) is 0.628. The first kappa shape index (κ1) is 16.0. The van der Waals surface area contributed by atoms with Gasteiger partial charge in [0, 0.05) is 10.7 Å². The van der Waals surface area contributed by atoms with Gasteiger partial charge in [-0.3, -0.25) is 4.79 Å². The number of methoxy groups -OCH3 is 1. The van der Waals surface area contributed by atoms with E-state index >= 15 is 0 Å². The lowest BCUT2D eigenvalue weighted by Crippen LogP contribution is -2.14. The number of anilines is 1. The molecule has 0 saturated heterocycles. The fourth-order valence-corrected chi connectivity index (χ4v) is 3.26. The molecule has 0 saturated carbocycles. The van der Waals surface area contributed by atoms with E-state index in [0.717, 1.165) is 19.7 Å². The number of nitrogens with zero attached hydrogens (tertiary/aromatic N) is 1. The largest absolute Gasteiger partial charge is 0.495 e. The van der Waals surface area contributed by atoms with E-state index in [-0.39, 0.29) is 5.91 Å². The molecule has 0 radical (unpaired) electrons. The summed E-state index contributed by atoms with van der Waals surface area (Å²) < 4.78 is 7.03. The third-order valence-electron chi connectivity index (χ3n) is 3.36. The fourth-order valence-electron chi connectivity index (χ4n) is 2.29. The van der Waals surface area contributed by atoms with E-state index in [1.54, 1.807) is 19.4 Å². The first-order valence-electron chi connectivity index (χ1n) is 6.78. The van der Waals surface area contributed by atoms with E-state index in [1.807, 2.05) is 36.4 Å². The molecule has 0 bridgehead atoms. The smallest absolute Gasteiger partial charge is 0.260 e. The van der Waals surface area contributed by atoms with E-state index in [4.69, 9.17) is 4.74 Å². The molecule has 6 heteroatoms. The number of pyridine rings is 1. The van der Waals surface area contributed by atoms with Crippen LogP contribution < -0.4 is 10.1 Å². The van der Waals surface area contributed by atoms with Crippen molar-refractivity contribution in [3.05, 3.63) is 63.2 Å². The molecule has 3 rings (SSSR count). The van der Waals surface area contributed by atoms with Gasteiger partial charge in [0.1, 0.15) is 11.6 Å². The van der Waals surface area contributed by atoms with Crippen molar-refractivity contribution in [2.45, 2.75) is 0 Å². The molecule has 4 nitrogen and oxygen atoms in total. The third-order valence-corrected chi connectivity index (χ3v) is 4.62. The number of halogens is 2. The van der Waals surface area contributed by atoms with Gasteiger partial charge in [-0.2, -0.15) is 0 Å². The number of hydrogen-bond acceptors (Lipinski definition) is 3. The van der Waals surface area contributed by atoms with Crippen LogP contribution in [0.3, 0.4) is 0 Å². The first-order chi connectivity index (χ1) is 11.1. The maximum Gasteiger partial charge on any atom is 0.260 e. The number of aromatic nitrogens is 1. The number of amides is 1. The Morgan fingerprint density at radius 1 is 1.17 bits per heavy atom. The second-order valence-electron chi connectivity index (χ2n) is 4.81. The van der Waals surface area contributed by atoms with Crippen molar-refractivity contribution in [1.29, 1.82) is 0 Å². The van der Waals surface area contributed by atoms with Crippen LogP contribution in [-0.4, -0.2) is 18.0 Å². The molecule has 23 heavy (non-hydrogen) atoms. The third kappa shape index (κ3) is 3.23. The highest BCUT2D eigenvalue weighted by molar-refractivity contribution is 9.11. The minimum Gasteiger partial charge on any atom is -0.495 e. The average Bonchev–Trinajstić information content (AvgIpc) is 2.57. The van der Waals surface area contributed by atoms with Crippen LogP contribution in [0.15, 0.2) is 57.6 Å². The van der Waals surface area contributed by atoms with E-state index in [2.05, 4.69) is 42.2 Å². The Kier molecular flexibility index (Phi) is 4.63. The van der Waals surface area contributed by atoms with Crippen LogP contribution in [0.5, 0.6) is 5.75 Å². The van der Waals surface area contributed by atoms with Gasteiger partial charge in [-0.05, 0) is 60.8 Å². The molecule has 0 aliphatic carbocycles. The van der Waals surface area contributed by atoms with Crippen molar-refractivity contribution in [2.24, 2.45) is 0 Å². The Balaban J connectivity index is 2.04. The number of rotatable bonds is 3. The van der Waals surface area contributed by atoms with Gasteiger partial charge in [-0.15, -0.1) is 0 Å². The van der Waals surface area contributed by atoms with Crippen LogP contribution in [0.2, 0.25) is 0 Å². The number of carbonyl (C=O) groups is 1. The molecule has 1 aromatic heterocycles. The van der Waals surface area contributed by atoms with Crippen LogP contribution in [0, 0.1) is 0 Å². The molecule has 1 amide bonds. The minimum atomic E-state index is -0.275. The van der Waals surface area contributed by atoms with Crippen LogP contribution in [0.25, 0.3) is 10.8 Å². The van der Waals surface area contributed by atoms with Crippen molar-refractivity contribution < 1.29 is 9.53 Å². The van der Waals surface area contributed by atoms with E-state index < -0.39 is 0 Å². The molecule has 1 N–H and O–H groups in total. The van der Waals surface area contributed by atoms with Gasteiger partial charge in [0.2, 0.25) is 0 Å². The van der Waals surface area contributed by atoms with Crippen molar-refractivity contribution >= 4 is 54.4 Å². The second-order valence-corrected chi connectivity index (χ2v) is 6.52. The van der Waals surface area contributed by atoms with Gasteiger partial charge in [-0.1, -0.05) is 24.3 Å². The van der Waals surface area contributed by atoms with Gasteiger partial charge >= 0.3 is 0 Å². The van der Waals surface area contributed by atoms with Crippen molar-refractivity contribution in [3.63, 3.8) is 0 Å². The summed E-state index contributed by atoms with van der Waals surface area (Å²) in [6.45, 7) is 0. The summed E-state index contributed by atoms with van der Waals surface area (Å²) in [5.41, 5.74) is 0.447. The molecule has 0 unspecified atom stereocenters. The lowest BCUT2D eigenvalue weighted by Gasteiger charge is -2.13. The summed E-state index contributed by atoms with van der Waals surface area (Å²) >= 11 is 6.84. The molecule has 3 aromatic rings. The maximum absolute atomic E-state index is 12.6. The highest BCUT2D eigenvalue weighted by atomic mass is 79.9. The highest BCUT2D eigenvalue weighted by Crippen LogP contribution is 2.36. The van der Waals surface area contributed by atoms with Gasteiger partial charge in [-0.25, -0.2) is 4.98 Å². The van der Waals surface area contributed by atoms with Crippen LogP contribution in [-0.2, 0) is 0 Å². The summed E-state index contributed by atoms with van der Waals surface area (Å²) in [5.74, 6) is 0.700. The molecule has 0 aliphatic heterocycles. The Hall–Kier alpha value is -1.92. The summed E-state index contributed by atoms with van der Waals surface area (Å²) in [6, 6.07) is 13.2. The molecule has 0 aliphatic rings. The zero-order valence-electron chi connectivity index (χ0n) is 12.1. The van der Waals surface area contributed by atoms with Crippen molar-refractivity contribution in [1.82, 2.24) is 4.98 Å². The molecule has 0 fully saturated rings. The number of carbonyl (C=O) groups excluding carboxylic acids is 1. The Morgan fingerprint density at radius 3 is 2.65 bits per heavy atom. The average molecular weight is 436 g/mol. The fraction of sp³-hybridized carbons (Fsp3) is 0.0588. The molecule has 2 aromatic carbocycles. The molecule has 116 valence electrons. The zero-order chi connectivity index (χ0) is 16.4. The summed E-state index contributed by atoms with van der Waals surface area (Å²) in [4.78, 5) is 16.8. The molecular weight excluding hydrogens is 424 g/mol. The summed E-state index contributed by atoms with van der Waals surface area (Å²) in [7, 11) is 1.55. The Bertz CT molecular complexity index is 880. The molecule has 1 heterocycles. The Labute approximate surface area is 150 Å². The van der Waals surface area contributed by atoms with Crippen molar-refractivity contribution in [2.75, 3.05) is 12.4 Å². The number of hydrogen-bond donors (Lipinski definition) is 1. The molecule has 0 atom stereocenters. The number of fused-ring (bicyclic) bond motifs is 1. The first-order valence-corrected chi connectivity index (χ1v) is 8.37. The summed E-state index contributed by atoms with van der Waals surface area (Å²) in [5, 5.41) is 4.72. The van der Waals surface area contributed by atoms with Gasteiger partial charge in [0.15, 0.2) is 0 Å². The topological polar surface area (TPSA) is 51.2 Å². The monoisotopic (exact) mass is 434 g/mol. The van der Waals surface area contributed by atoms with Crippen LogP contribution in [0.4, 0.5) is 5.82 Å². The molecular formula is C17H12Br2N2O2. The highest BCUT2D eigenvalue weighted by Gasteiger charge is 2.18. The lowest BCUT2D eigenvalue weighted by molar-refractivity contribution is 0.102. The summed E-state index contributed by atoms with van der Waals surface area (Å²) in [6.07, 6.45) is 1.63. The maximum atomic E-state index is 12.6. The minimum absolute atomic E-state index is 0.275. The zero-order valence-corrected chi connectivity index (χ0v) is 15.3. The normalized spacial score (nSPS) is 10.6. The van der Waals surface area contributed by atoms with Crippen LogP contribution >= 0.6 is 31.9 Å². The molecule has 0 spiro atoms. The van der Waals surface area contributed by atoms with E-state index in [9.17, 15) is 4.79 Å². The predicted octanol–water partition coefficient (Wildman–Crippen LogP) is 5.02. The van der Waals surface area contributed by atoms with Crippen molar-refractivity contribution in [3.8, 4) is 5.75 Å². The standard InChI is InChI=1S/C17H12Br2N2O2/c1-23-16-13(8-10-4-2-3-5-12(10)15(16)19)17(22)21-14-7-6-11(18)9-20-14/h2-9H,1H3,(H,20,21,22). The van der Waals surface area contributed by atoms with Crippen LogP contribution in [0.1, 0.15) is 10.4 Å². The SMILES string of the molecule is COc1c(C(=O)Nc2ccc(Br)cn2)cc2ccccc2c1Br. The number of nitrogens with one attached hydrogen (secondary N) is 1. The second kappa shape index (κ2) is 6.68. The number of ether oxygens (including phenoxy) is 1. The van der Waals surface area contributed by atoms with Gasteiger partial charge in [0.25, 0.3) is 5.91 Å². The predicted molar refractivity (Wildman–Crippen MR) is 98.1 cm³/mol. The Morgan fingerprint density at radius 2 is 1.96 bits per heavy atom. The van der Waals surface area contributed by atoms with Gasteiger partial charge < -0.3 is 10.1 Å². The van der Waals surface area contributed by atoms with E-state index in [0.29, 0.717) is 17.1 Å². The lowest BCUT2D eigenvalue weighted by atomic mass is 10.1. The van der Waals surface area contributed by atoms with Gasteiger partial charge in [0.05, 0.1) is 17.1 Å².